The predicted molar refractivity (Wildman–Crippen MR) is 67.7 cm³/mol. The number of nitrogens with zero attached hydrogens (tertiary/aromatic N) is 2. The molecule has 0 saturated heterocycles. The first-order valence-electron chi connectivity index (χ1n) is 4.66. The highest BCUT2D eigenvalue weighted by Crippen LogP contribution is 2.28. The molecule has 1 rings (SSSR count). The second-order valence-corrected chi connectivity index (χ2v) is 4.55. The van der Waals surface area contributed by atoms with Gasteiger partial charge in [-0.1, -0.05) is 15.9 Å². The number of halogens is 1. The zero-order chi connectivity index (χ0) is 12.3. The van der Waals surface area contributed by atoms with E-state index in [0.29, 0.717) is 5.69 Å². The van der Waals surface area contributed by atoms with Crippen LogP contribution in [0.2, 0.25) is 0 Å². The summed E-state index contributed by atoms with van der Waals surface area (Å²) in [6.45, 7) is 1.83. The fraction of sp³-hybridized carbons (Fsp3) is 0.273. The highest BCUT2D eigenvalue weighted by molar-refractivity contribution is 9.10. The molecule has 0 amide bonds. The Morgan fingerprint density at radius 2 is 2.12 bits per heavy atom. The molecule has 4 nitrogen and oxygen atoms in total. The van der Waals surface area contributed by atoms with E-state index in [1.54, 1.807) is 17.3 Å². The van der Waals surface area contributed by atoms with Crippen molar-refractivity contribution in [3.8, 4) is 0 Å². The molecule has 0 spiro atoms. The van der Waals surface area contributed by atoms with E-state index in [4.69, 9.17) is 5.11 Å². The number of aromatic carboxylic acids is 1. The van der Waals surface area contributed by atoms with Gasteiger partial charge in [-0.2, -0.15) is 0 Å². The summed E-state index contributed by atoms with van der Waals surface area (Å²) in [4.78, 5) is 17.0. The Hall–Kier alpha value is -1.36. The lowest BCUT2D eigenvalue weighted by Gasteiger charge is -2.08. The van der Waals surface area contributed by atoms with Crippen molar-refractivity contribution in [3.05, 3.63) is 27.7 Å². The molecule has 0 aliphatic carbocycles. The number of benzene rings is 1. The molecule has 0 aromatic heterocycles. The van der Waals surface area contributed by atoms with E-state index in [1.807, 2.05) is 27.1 Å². The summed E-state index contributed by atoms with van der Waals surface area (Å²) in [6.07, 6.45) is 1.59. The number of hydrogen-bond acceptors (Lipinski definition) is 2. The summed E-state index contributed by atoms with van der Waals surface area (Å²) in [6, 6.07) is 3.40. The fourth-order valence-corrected chi connectivity index (χ4v) is 1.82. The number of rotatable bonds is 3. The normalized spacial score (nSPS) is 10.8. The first kappa shape index (κ1) is 12.7. The second kappa shape index (κ2) is 5.12. The Morgan fingerprint density at radius 3 is 2.62 bits per heavy atom. The van der Waals surface area contributed by atoms with Gasteiger partial charge in [0, 0.05) is 18.6 Å². The van der Waals surface area contributed by atoms with Crippen molar-refractivity contribution in [3.63, 3.8) is 0 Å². The van der Waals surface area contributed by atoms with Crippen LogP contribution in [0.25, 0.3) is 0 Å². The molecule has 5 heteroatoms. The van der Waals surface area contributed by atoms with Gasteiger partial charge in [-0.15, -0.1) is 0 Å². The Morgan fingerprint density at radius 1 is 1.50 bits per heavy atom. The van der Waals surface area contributed by atoms with Gasteiger partial charge in [0.05, 0.1) is 17.6 Å². The van der Waals surface area contributed by atoms with Crippen LogP contribution in [0, 0.1) is 6.92 Å². The minimum absolute atomic E-state index is 0.199. The Kier molecular flexibility index (Phi) is 4.06. The molecule has 0 atom stereocenters. The highest BCUT2D eigenvalue weighted by Gasteiger charge is 2.12. The van der Waals surface area contributed by atoms with Gasteiger partial charge in [0.15, 0.2) is 0 Å². The van der Waals surface area contributed by atoms with E-state index in [2.05, 4.69) is 20.9 Å². The minimum atomic E-state index is -0.977. The van der Waals surface area contributed by atoms with Crippen LogP contribution in [0.1, 0.15) is 15.9 Å². The second-order valence-electron chi connectivity index (χ2n) is 3.63. The summed E-state index contributed by atoms with van der Waals surface area (Å²) >= 11 is 3.27. The Balaban J connectivity index is 3.30. The molecular weight excluding hydrogens is 272 g/mol. The van der Waals surface area contributed by atoms with Crippen LogP contribution >= 0.6 is 15.9 Å². The maximum Gasteiger partial charge on any atom is 0.337 e. The van der Waals surface area contributed by atoms with Crippen LogP contribution in [0.4, 0.5) is 5.69 Å². The van der Waals surface area contributed by atoms with Crippen LogP contribution in [0.15, 0.2) is 21.6 Å². The molecule has 1 aromatic rings. The standard InChI is InChI=1S/C11H13BrN2O2/c1-7-4-8(12)5-9(11(15)16)10(7)13-6-14(2)3/h4-6H,1-3H3,(H,15,16). The zero-order valence-corrected chi connectivity index (χ0v) is 10.9. The highest BCUT2D eigenvalue weighted by atomic mass is 79.9. The van der Waals surface area contributed by atoms with Gasteiger partial charge >= 0.3 is 5.97 Å². The molecule has 86 valence electrons. The third kappa shape index (κ3) is 3.06. The van der Waals surface area contributed by atoms with E-state index in [1.165, 1.54) is 0 Å². The largest absolute Gasteiger partial charge is 0.478 e. The van der Waals surface area contributed by atoms with Gasteiger partial charge in [0.2, 0.25) is 0 Å². The molecule has 0 saturated carbocycles. The molecule has 0 aliphatic rings. The third-order valence-corrected chi connectivity index (χ3v) is 2.37. The van der Waals surface area contributed by atoms with Gasteiger partial charge in [-0.25, -0.2) is 9.79 Å². The van der Waals surface area contributed by atoms with E-state index >= 15 is 0 Å². The predicted octanol–water partition coefficient (Wildman–Crippen LogP) is 2.68. The summed E-state index contributed by atoms with van der Waals surface area (Å²) in [5, 5.41) is 9.07. The van der Waals surface area contributed by atoms with Gasteiger partial charge in [0.25, 0.3) is 0 Å². The molecule has 1 N–H and O–H groups in total. The first-order valence-corrected chi connectivity index (χ1v) is 5.45. The summed E-state index contributed by atoms with van der Waals surface area (Å²) in [5.74, 6) is -0.977. The Bertz CT molecular complexity index is 442. The van der Waals surface area contributed by atoms with Gasteiger partial charge < -0.3 is 10.0 Å². The number of hydrogen-bond donors (Lipinski definition) is 1. The van der Waals surface area contributed by atoms with Crippen LogP contribution in [-0.2, 0) is 0 Å². The smallest absolute Gasteiger partial charge is 0.337 e. The van der Waals surface area contributed by atoms with Crippen molar-refractivity contribution in [1.29, 1.82) is 0 Å². The summed E-state index contributed by atoms with van der Waals surface area (Å²) in [5.41, 5.74) is 1.51. The lowest BCUT2D eigenvalue weighted by atomic mass is 10.1. The average molecular weight is 285 g/mol. The van der Waals surface area contributed by atoms with Gasteiger partial charge in [0.1, 0.15) is 0 Å². The third-order valence-electron chi connectivity index (χ3n) is 1.91. The molecule has 0 aliphatic heterocycles. The topological polar surface area (TPSA) is 52.9 Å². The number of carboxylic acids is 1. The van der Waals surface area contributed by atoms with Crippen LogP contribution in [0.5, 0.6) is 0 Å². The van der Waals surface area contributed by atoms with Crippen LogP contribution in [-0.4, -0.2) is 36.4 Å². The van der Waals surface area contributed by atoms with Crippen LogP contribution in [0.3, 0.4) is 0 Å². The molecule has 0 radical (unpaired) electrons. The van der Waals surface area contributed by atoms with Crippen molar-refractivity contribution in [2.45, 2.75) is 6.92 Å². The lowest BCUT2D eigenvalue weighted by molar-refractivity contribution is 0.0697. The van der Waals surface area contributed by atoms with Crippen molar-refractivity contribution in [2.75, 3.05) is 14.1 Å². The minimum Gasteiger partial charge on any atom is -0.478 e. The lowest BCUT2D eigenvalue weighted by Crippen LogP contribution is -2.08. The molecule has 0 bridgehead atoms. The van der Waals surface area contributed by atoms with Crippen molar-refractivity contribution in [1.82, 2.24) is 4.90 Å². The number of carboxylic acid groups (broad SMARTS) is 1. The molecule has 0 heterocycles. The van der Waals surface area contributed by atoms with Crippen LogP contribution < -0.4 is 0 Å². The van der Waals surface area contributed by atoms with Gasteiger partial charge in [-0.05, 0) is 24.6 Å². The quantitative estimate of drug-likeness (QED) is 0.686. The van der Waals surface area contributed by atoms with E-state index < -0.39 is 5.97 Å². The SMILES string of the molecule is Cc1cc(Br)cc(C(=O)O)c1N=CN(C)C. The molecule has 1 aromatic carbocycles. The zero-order valence-electron chi connectivity index (χ0n) is 9.36. The molecule has 0 unspecified atom stereocenters. The average Bonchev–Trinajstić information content (AvgIpc) is 2.14. The van der Waals surface area contributed by atoms with Gasteiger partial charge in [-0.3, -0.25) is 0 Å². The van der Waals surface area contributed by atoms with E-state index in [-0.39, 0.29) is 5.56 Å². The Labute approximate surface area is 103 Å². The molecule has 0 fully saturated rings. The maximum atomic E-state index is 11.1. The number of aliphatic imine (C=N–C) groups is 1. The van der Waals surface area contributed by atoms with E-state index in [0.717, 1.165) is 10.0 Å². The summed E-state index contributed by atoms with van der Waals surface area (Å²) < 4.78 is 0.742. The molecular formula is C11H13BrN2O2. The summed E-state index contributed by atoms with van der Waals surface area (Å²) in [7, 11) is 3.66. The maximum absolute atomic E-state index is 11.1. The fourth-order valence-electron chi connectivity index (χ4n) is 1.24. The molecule has 16 heavy (non-hydrogen) atoms. The first-order chi connectivity index (χ1) is 7.41. The van der Waals surface area contributed by atoms with Crippen molar-refractivity contribution >= 4 is 33.9 Å². The van der Waals surface area contributed by atoms with Crippen molar-refractivity contribution < 1.29 is 9.90 Å². The van der Waals surface area contributed by atoms with E-state index in [9.17, 15) is 4.79 Å². The number of aryl methyl sites for hydroxylation is 1. The van der Waals surface area contributed by atoms with Crippen molar-refractivity contribution in [2.24, 2.45) is 4.99 Å². The number of carbonyl (C=O) groups is 1. The monoisotopic (exact) mass is 284 g/mol.